The average Bonchev–Trinajstić information content (AvgIpc) is 2.38. The zero-order valence-corrected chi connectivity index (χ0v) is 11.9. The first-order valence-electron chi connectivity index (χ1n) is 6.08. The molecule has 3 nitrogen and oxygen atoms in total. The van der Waals surface area contributed by atoms with Crippen molar-refractivity contribution in [2.75, 3.05) is 0 Å². The summed E-state index contributed by atoms with van der Waals surface area (Å²) in [5.74, 6) is -0.0411. The summed E-state index contributed by atoms with van der Waals surface area (Å²) < 4.78 is 0.980. The average molecular weight is 344 g/mol. The van der Waals surface area contributed by atoms with E-state index >= 15 is 0 Å². The lowest BCUT2D eigenvalue weighted by Crippen LogP contribution is -2.45. The van der Waals surface area contributed by atoms with Crippen molar-refractivity contribution in [1.82, 2.24) is 10.9 Å². The predicted octanol–water partition coefficient (Wildman–Crippen LogP) is 2.86. The van der Waals surface area contributed by atoms with Crippen molar-refractivity contribution in [2.45, 2.75) is 38.1 Å². The summed E-state index contributed by atoms with van der Waals surface area (Å²) in [4.78, 5) is 11.9. The van der Waals surface area contributed by atoms with E-state index in [4.69, 9.17) is 0 Å². The molecule has 92 valence electrons. The Labute approximate surface area is 115 Å². The zero-order chi connectivity index (χ0) is 12.1. The fourth-order valence-corrected chi connectivity index (χ4v) is 2.76. The molecule has 1 saturated carbocycles. The molecule has 0 heterocycles. The number of hydrogen-bond acceptors (Lipinski definition) is 2. The highest BCUT2D eigenvalue weighted by molar-refractivity contribution is 14.1. The number of benzene rings is 1. The molecule has 0 unspecified atom stereocenters. The molecule has 1 fully saturated rings. The Bertz CT molecular complexity index is 389. The standard InChI is InChI=1S/C13H17IN2O/c14-12-9-5-4-8-11(12)13(17)16-15-10-6-2-1-3-7-10/h4-5,8-10,15H,1-3,6-7H2,(H,16,17). The zero-order valence-electron chi connectivity index (χ0n) is 9.71. The predicted molar refractivity (Wildman–Crippen MR) is 76.6 cm³/mol. The minimum Gasteiger partial charge on any atom is -0.287 e. The fourth-order valence-electron chi connectivity index (χ4n) is 2.13. The molecule has 0 radical (unpaired) electrons. The van der Waals surface area contributed by atoms with E-state index in [-0.39, 0.29) is 5.91 Å². The largest absolute Gasteiger partial charge is 0.287 e. The van der Waals surface area contributed by atoms with Crippen molar-refractivity contribution >= 4 is 28.5 Å². The highest BCUT2D eigenvalue weighted by Crippen LogP contribution is 2.17. The Morgan fingerprint density at radius 2 is 1.88 bits per heavy atom. The van der Waals surface area contributed by atoms with Crippen LogP contribution in [0.25, 0.3) is 0 Å². The van der Waals surface area contributed by atoms with Gasteiger partial charge in [-0.15, -0.1) is 0 Å². The van der Waals surface area contributed by atoms with Crippen LogP contribution >= 0.6 is 22.6 Å². The van der Waals surface area contributed by atoms with Gasteiger partial charge in [0.25, 0.3) is 5.91 Å². The summed E-state index contributed by atoms with van der Waals surface area (Å²) in [6.07, 6.45) is 6.16. The lowest BCUT2D eigenvalue weighted by atomic mass is 9.96. The van der Waals surface area contributed by atoms with Crippen LogP contribution in [0.1, 0.15) is 42.5 Å². The molecule has 2 rings (SSSR count). The van der Waals surface area contributed by atoms with Crippen LogP contribution in [0.3, 0.4) is 0 Å². The number of carbonyl (C=O) groups excluding carboxylic acids is 1. The number of nitrogens with one attached hydrogen (secondary N) is 2. The fraction of sp³-hybridized carbons (Fsp3) is 0.462. The first-order chi connectivity index (χ1) is 8.27. The van der Waals surface area contributed by atoms with E-state index in [1.54, 1.807) is 0 Å². The smallest absolute Gasteiger partial charge is 0.266 e. The van der Waals surface area contributed by atoms with Gasteiger partial charge in [0.1, 0.15) is 0 Å². The van der Waals surface area contributed by atoms with E-state index in [0.29, 0.717) is 6.04 Å². The third-order valence-electron chi connectivity index (χ3n) is 3.11. The number of rotatable bonds is 3. The Kier molecular flexibility index (Phi) is 4.79. The highest BCUT2D eigenvalue weighted by Gasteiger charge is 2.14. The summed E-state index contributed by atoms with van der Waals surface area (Å²) in [5.41, 5.74) is 6.69. The van der Waals surface area contributed by atoms with Gasteiger partial charge in [0.2, 0.25) is 0 Å². The van der Waals surface area contributed by atoms with Gasteiger partial charge in [-0.3, -0.25) is 10.2 Å². The lowest BCUT2D eigenvalue weighted by Gasteiger charge is -2.23. The Morgan fingerprint density at radius 3 is 2.59 bits per heavy atom. The first kappa shape index (κ1) is 12.8. The molecular weight excluding hydrogens is 327 g/mol. The van der Waals surface area contributed by atoms with Gasteiger partial charge in [0.15, 0.2) is 0 Å². The molecule has 1 amide bonds. The number of hydrazine groups is 1. The molecule has 0 spiro atoms. The third-order valence-corrected chi connectivity index (χ3v) is 4.05. The van der Waals surface area contributed by atoms with Crippen LogP contribution in [0.5, 0.6) is 0 Å². The van der Waals surface area contributed by atoms with Gasteiger partial charge in [-0.1, -0.05) is 31.4 Å². The van der Waals surface area contributed by atoms with Gasteiger partial charge in [-0.25, -0.2) is 5.43 Å². The van der Waals surface area contributed by atoms with E-state index in [2.05, 4.69) is 33.4 Å². The van der Waals surface area contributed by atoms with Gasteiger partial charge in [-0.05, 0) is 47.6 Å². The summed E-state index contributed by atoms with van der Waals surface area (Å²) in [6.45, 7) is 0. The van der Waals surface area contributed by atoms with Crippen LogP contribution in [-0.2, 0) is 0 Å². The van der Waals surface area contributed by atoms with Gasteiger partial charge in [0, 0.05) is 9.61 Å². The molecule has 0 aromatic heterocycles. The minimum atomic E-state index is -0.0411. The van der Waals surface area contributed by atoms with Crippen molar-refractivity contribution < 1.29 is 4.79 Å². The van der Waals surface area contributed by atoms with Crippen molar-refractivity contribution in [3.63, 3.8) is 0 Å². The second-order valence-electron chi connectivity index (χ2n) is 4.41. The first-order valence-corrected chi connectivity index (χ1v) is 7.15. The van der Waals surface area contributed by atoms with Crippen LogP contribution in [0, 0.1) is 3.57 Å². The van der Waals surface area contributed by atoms with E-state index < -0.39 is 0 Å². The second kappa shape index (κ2) is 6.35. The van der Waals surface area contributed by atoms with Crippen molar-refractivity contribution in [3.05, 3.63) is 33.4 Å². The molecule has 17 heavy (non-hydrogen) atoms. The highest BCUT2D eigenvalue weighted by atomic mass is 127. The van der Waals surface area contributed by atoms with Crippen LogP contribution in [0.4, 0.5) is 0 Å². The normalized spacial score (nSPS) is 16.8. The molecular formula is C13H17IN2O. The van der Waals surface area contributed by atoms with Crippen molar-refractivity contribution in [3.8, 4) is 0 Å². The maximum absolute atomic E-state index is 11.9. The molecule has 1 aromatic rings. The minimum absolute atomic E-state index is 0.0411. The van der Waals surface area contributed by atoms with E-state index in [1.807, 2.05) is 24.3 Å². The monoisotopic (exact) mass is 344 g/mol. The van der Waals surface area contributed by atoms with Crippen LogP contribution in [0.2, 0.25) is 0 Å². The summed E-state index contributed by atoms with van der Waals surface area (Å²) in [7, 11) is 0. The molecule has 0 atom stereocenters. The van der Waals surface area contributed by atoms with Crippen molar-refractivity contribution in [2.24, 2.45) is 0 Å². The maximum Gasteiger partial charge on any atom is 0.266 e. The second-order valence-corrected chi connectivity index (χ2v) is 5.58. The molecule has 4 heteroatoms. The number of hydrogen-bond donors (Lipinski definition) is 2. The molecule has 2 N–H and O–H groups in total. The molecule has 1 aromatic carbocycles. The molecule has 1 aliphatic rings. The Hall–Kier alpha value is -0.620. The quantitative estimate of drug-likeness (QED) is 0.654. The van der Waals surface area contributed by atoms with Gasteiger partial charge in [-0.2, -0.15) is 0 Å². The number of carbonyl (C=O) groups is 1. The summed E-state index contributed by atoms with van der Waals surface area (Å²) >= 11 is 2.18. The van der Waals surface area contributed by atoms with Gasteiger partial charge in [0.05, 0.1) is 5.56 Å². The van der Waals surface area contributed by atoms with E-state index in [9.17, 15) is 4.79 Å². The van der Waals surface area contributed by atoms with Crippen molar-refractivity contribution in [1.29, 1.82) is 0 Å². The summed E-state index contributed by atoms with van der Waals surface area (Å²) in [5, 5.41) is 0. The lowest BCUT2D eigenvalue weighted by molar-refractivity contribution is 0.0919. The maximum atomic E-state index is 11.9. The third kappa shape index (κ3) is 3.67. The van der Waals surface area contributed by atoms with Crippen LogP contribution in [0.15, 0.2) is 24.3 Å². The molecule has 0 aliphatic heterocycles. The SMILES string of the molecule is O=C(NNC1CCCCC1)c1ccccc1I. The Morgan fingerprint density at radius 1 is 1.18 bits per heavy atom. The molecule has 0 saturated heterocycles. The van der Waals surface area contributed by atoms with Crippen LogP contribution in [-0.4, -0.2) is 11.9 Å². The topological polar surface area (TPSA) is 41.1 Å². The molecule has 0 bridgehead atoms. The Balaban J connectivity index is 1.87. The molecule has 1 aliphatic carbocycles. The van der Waals surface area contributed by atoms with Gasteiger partial charge < -0.3 is 0 Å². The number of amides is 1. The summed E-state index contributed by atoms with van der Waals surface area (Å²) in [6, 6.07) is 8.05. The van der Waals surface area contributed by atoms with E-state index in [0.717, 1.165) is 22.0 Å². The van der Waals surface area contributed by atoms with E-state index in [1.165, 1.54) is 19.3 Å². The van der Waals surface area contributed by atoms with Crippen LogP contribution < -0.4 is 10.9 Å². The van der Waals surface area contributed by atoms with Gasteiger partial charge >= 0.3 is 0 Å². The number of halogens is 1.